The number of rotatable bonds is 3. The van der Waals surface area contributed by atoms with Gasteiger partial charge in [0.15, 0.2) is 6.19 Å². The molecule has 1 saturated heterocycles. The van der Waals surface area contributed by atoms with Crippen molar-refractivity contribution < 1.29 is 4.79 Å². The molecule has 0 radical (unpaired) electrons. The standard InChI is InChI=1S/C23H27ClN6O/c1-16(2)21-14-29(23(31)28-19-9-7-18(24)8-10-19)11-12-30(21)22(26-15-25)27-20-6-4-5-17(3)13-20/h4-10,13,16,21H,11-12,14H2,1-3H3,(H,26,27)(H,28,31). The fraction of sp³-hybridized carbons (Fsp3) is 0.348. The van der Waals surface area contributed by atoms with E-state index in [1.807, 2.05) is 37.4 Å². The van der Waals surface area contributed by atoms with Crippen molar-refractivity contribution in [2.45, 2.75) is 26.8 Å². The first-order chi connectivity index (χ1) is 14.9. The van der Waals surface area contributed by atoms with Crippen molar-refractivity contribution in [2.24, 2.45) is 10.9 Å². The number of hydrogen-bond donors (Lipinski definition) is 2. The van der Waals surface area contributed by atoms with Crippen LogP contribution in [0.3, 0.4) is 0 Å². The lowest BCUT2D eigenvalue weighted by molar-refractivity contribution is 0.118. The number of hydrogen-bond acceptors (Lipinski definition) is 3. The maximum atomic E-state index is 12.8. The van der Waals surface area contributed by atoms with E-state index in [9.17, 15) is 10.1 Å². The average Bonchev–Trinajstić information content (AvgIpc) is 2.74. The number of carbonyl (C=O) groups is 1. The highest BCUT2D eigenvalue weighted by atomic mass is 35.5. The van der Waals surface area contributed by atoms with Gasteiger partial charge in [-0.1, -0.05) is 37.6 Å². The number of nitriles is 1. The summed E-state index contributed by atoms with van der Waals surface area (Å²) >= 11 is 5.92. The van der Waals surface area contributed by atoms with Crippen molar-refractivity contribution in [1.82, 2.24) is 15.1 Å². The molecule has 162 valence electrons. The van der Waals surface area contributed by atoms with Gasteiger partial charge >= 0.3 is 6.03 Å². The molecule has 0 bridgehead atoms. The Kier molecular flexibility index (Phi) is 7.37. The molecule has 0 aromatic heterocycles. The Hall–Kier alpha value is -3.24. The predicted molar refractivity (Wildman–Crippen MR) is 124 cm³/mol. The molecule has 8 heteroatoms. The van der Waals surface area contributed by atoms with Gasteiger partial charge in [0.2, 0.25) is 5.96 Å². The molecule has 1 fully saturated rings. The molecule has 7 nitrogen and oxygen atoms in total. The predicted octanol–water partition coefficient (Wildman–Crippen LogP) is 4.58. The minimum Gasteiger partial charge on any atom is -0.335 e. The normalized spacial score (nSPS) is 16.8. The van der Waals surface area contributed by atoms with E-state index in [2.05, 4.69) is 34.4 Å². The van der Waals surface area contributed by atoms with Gasteiger partial charge in [-0.2, -0.15) is 5.26 Å². The Morgan fingerprint density at radius 1 is 1.23 bits per heavy atom. The lowest BCUT2D eigenvalue weighted by Crippen LogP contribution is -2.60. The van der Waals surface area contributed by atoms with Crippen LogP contribution in [0.25, 0.3) is 0 Å². The highest BCUT2D eigenvalue weighted by molar-refractivity contribution is 6.30. The number of amides is 2. The van der Waals surface area contributed by atoms with Crippen LogP contribution in [-0.2, 0) is 0 Å². The van der Waals surface area contributed by atoms with E-state index >= 15 is 0 Å². The zero-order chi connectivity index (χ0) is 22.4. The first-order valence-electron chi connectivity index (χ1n) is 10.3. The van der Waals surface area contributed by atoms with E-state index in [-0.39, 0.29) is 18.0 Å². The second kappa shape index (κ2) is 10.2. The Morgan fingerprint density at radius 3 is 2.61 bits per heavy atom. The summed E-state index contributed by atoms with van der Waals surface area (Å²) in [6.45, 7) is 7.82. The number of nitrogens with zero attached hydrogens (tertiary/aromatic N) is 4. The average molecular weight is 439 g/mol. The van der Waals surface area contributed by atoms with Crippen LogP contribution in [0.1, 0.15) is 19.4 Å². The van der Waals surface area contributed by atoms with Crippen LogP contribution in [0.15, 0.2) is 53.5 Å². The molecule has 2 aromatic rings. The molecular formula is C23H27ClN6O. The number of halogens is 1. The highest BCUT2D eigenvalue weighted by Crippen LogP contribution is 2.21. The van der Waals surface area contributed by atoms with Gasteiger partial charge in [0.1, 0.15) is 0 Å². The Balaban J connectivity index is 1.77. The fourth-order valence-electron chi connectivity index (χ4n) is 3.60. The number of carbonyl (C=O) groups excluding carboxylic acids is 1. The van der Waals surface area contributed by atoms with E-state index in [1.165, 1.54) is 0 Å². The minimum atomic E-state index is -0.155. The number of anilines is 1. The molecule has 1 heterocycles. The quantitative estimate of drug-likeness (QED) is 0.318. The van der Waals surface area contributed by atoms with Crippen molar-refractivity contribution >= 4 is 35.0 Å². The summed E-state index contributed by atoms with van der Waals surface area (Å²) in [6, 6.07) is 14.7. The van der Waals surface area contributed by atoms with Crippen molar-refractivity contribution in [1.29, 1.82) is 5.26 Å². The fourth-order valence-corrected chi connectivity index (χ4v) is 3.72. The van der Waals surface area contributed by atoms with Gasteiger partial charge in [-0.15, -0.1) is 0 Å². The van der Waals surface area contributed by atoms with Crippen LogP contribution in [-0.4, -0.2) is 47.5 Å². The molecule has 1 aliphatic rings. The van der Waals surface area contributed by atoms with Crippen molar-refractivity contribution in [3.05, 3.63) is 59.1 Å². The molecule has 1 atom stereocenters. The summed E-state index contributed by atoms with van der Waals surface area (Å²) in [7, 11) is 0. The molecule has 1 unspecified atom stereocenters. The third-order valence-electron chi connectivity index (χ3n) is 5.25. The number of piperazine rings is 1. The topological polar surface area (TPSA) is 83.8 Å². The Bertz CT molecular complexity index is 982. The van der Waals surface area contributed by atoms with Crippen LogP contribution < -0.4 is 10.6 Å². The monoisotopic (exact) mass is 438 g/mol. The van der Waals surface area contributed by atoms with Crippen LogP contribution >= 0.6 is 11.6 Å². The van der Waals surface area contributed by atoms with Gasteiger partial charge in [-0.05, 0) is 54.8 Å². The highest BCUT2D eigenvalue weighted by Gasteiger charge is 2.33. The molecule has 2 amide bonds. The van der Waals surface area contributed by atoms with E-state index in [0.717, 1.165) is 11.3 Å². The van der Waals surface area contributed by atoms with E-state index in [1.54, 1.807) is 29.2 Å². The summed E-state index contributed by atoms with van der Waals surface area (Å²) in [5.74, 6) is 0.749. The zero-order valence-corrected chi connectivity index (χ0v) is 18.7. The van der Waals surface area contributed by atoms with Crippen LogP contribution in [0.2, 0.25) is 5.02 Å². The third kappa shape index (κ3) is 5.89. The number of aryl methyl sites for hydroxylation is 1. The Labute approximate surface area is 188 Å². The molecule has 0 aliphatic carbocycles. The van der Waals surface area contributed by atoms with Gasteiger partial charge < -0.3 is 15.1 Å². The molecule has 0 spiro atoms. The van der Waals surface area contributed by atoms with Gasteiger partial charge in [0.05, 0.1) is 11.7 Å². The Morgan fingerprint density at radius 2 is 1.97 bits per heavy atom. The van der Waals surface area contributed by atoms with E-state index < -0.39 is 0 Å². The number of nitrogens with one attached hydrogen (secondary N) is 2. The lowest BCUT2D eigenvalue weighted by atomic mass is 10.00. The zero-order valence-electron chi connectivity index (χ0n) is 18.0. The minimum absolute atomic E-state index is 0.00845. The maximum Gasteiger partial charge on any atom is 0.321 e. The van der Waals surface area contributed by atoms with Crippen molar-refractivity contribution in [2.75, 3.05) is 25.0 Å². The summed E-state index contributed by atoms with van der Waals surface area (Å²) in [4.78, 5) is 21.4. The molecule has 31 heavy (non-hydrogen) atoms. The molecule has 2 N–H and O–H groups in total. The van der Waals surface area contributed by atoms with Crippen molar-refractivity contribution in [3.8, 4) is 6.19 Å². The van der Waals surface area contributed by atoms with Crippen LogP contribution in [0.5, 0.6) is 0 Å². The second-order valence-corrected chi connectivity index (χ2v) is 8.34. The van der Waals surface area contributed by atoms with Gasteiger partial charge in [-0.3, -0.25) is 5.32 Å². The number of benzene rings is 2. The van der Waals surface area contributed by atoms with E-state index in [4.69, 9.17) is 11.6 Å². The van der Waals surface area contributed by atoms with Gasteiger partial charge in [0, 0.05) is 30.3 Å². The largest absolute Gasteiger partial charge is 0.335 e. The van der Waals surface area contributed by atoms with Crippen LogP contribution in [0, 0.1) is 24.3 Å². The van der Waals surface area contributed by atoms with Crippen LogP contribution in [0.4, 0.5) is 16.2 Å². The third-order valence-corrected chi connectivity index (χ3v) is 5.50. The van der Waals surface area contributed by atoms with Crippen molar-refractivity contribution in [3.63, 3.8) is 0 Å². The lowest BCUT2D eigenvalue weighted by Gasteiger charge is -2.44. The smallest absolute Gasteiger partial charge is 0.321 e. The first-order valence-corrected chi connectivity index (χ1v) is 10.6. The summed E-state index contributed by atoms with van der Waals surface area (Å²) in [5, 5.41) is 15.6. The maximum absolute atomic E-state index is 12.8. The molecule has 2 aromatic carbocycles. The SMILES string of the molecule is Cc1cccc(N=C(NC#N)N2CCN(C(=O)Nc3ccc(Cl)cc3)CC2C(C)C)c1. The summed E-state index contributed by atoms with van der Waals surface area (Å²) < 4.78 is 0. The van der Waals surface area contributed by atoms with Gasteiger partial charge in [0.25, 0.3) is 0 Å². The number of urea groups is 1. The van der Waals surface area contributed by atoms with Gasteiger partial charge in [-0.25, -0.2) is 9.79 Å². The molecule has 0 saturated carbocycles. The summed E-state index contributed by atoms with van der Waals surface area (Å²) in [5.41, 5.74) is 2.58. The molecule has 3 rings (SSSR count). The second-order valence-electron chi connectivity index (χ2n) is 7.90. The molecule has 1 aliphatic heterocycles. The number of aliphatic imine (C=N–C) groups is 1. The number of guanidine groups is 1. The summed E-state index contributed by atoms with van der Waals surface area (Å²) in [6.07, 6.45) is 2.00. The van der Waals surface area contributed by atoms with E-state index in [0.29, 0.717) is 36.3 Å². The first kappa shape index (κ1) is 22.4. The molecular weight excluding hydrogens is 412 g/mol.